The minimum absolute atomic E-state index is 0.553. The van der Waals surface area contributed by atoms with Gasteiger partial charge in [-0.3, -0.25) is 9.13 Å². The van der Waals surface area contributed by atoms with E-state index in [0.29, 0.717) is 28.8 Å². The van der Waals surface area contributed by atoms with E-state index in [0.717, 1.165) is 71.9 Å². The predicted molar refractivity (Wildman–Crippen MR) is 240 cm³/mol. The first kappa shape index (κ1) is 35.1. The second kappa shape index (κ2) is 14.4. The standard InChI is InChI=1S/C52H36N6O2/c1-33-12-11-13-34(2)51(33)36-31-55-52(56-32-36)35-26-39(59-37-20-22-43-41-14-3-5-16-45(41)57(47(43)29-37)49-18-7-9-24-53-49)28-40(27-35)60-38-21-23-44-42-15-4-6-17-46(42)58(48(44)30-38)50-19-8-10-25-54-50/h3-32H,1-2H3. The van der Waals surface area contributed by atoms with Crippen LogP contribution in [0, 0.1) is 13.8 Å². The van der Waals surface area contributed by atoms with E-state index in [1.54, 1.807) is 0 Å². The van der Waals surface area contributed by atoms with Crippen LogP contribution < -0.4 is 9.47 Å². The van der Waals surface area contributed by atoms with Gasteiger partial charge >= 0.3 is 0 Å². The van der Waals surface area contributed by atoms with E-state index in [4.69, 9.17) is 29.4 Å². The van der Waals surface area contributed by atoms with Crippen LogP contribution in [-0.4, -0.2) is 29.1 Å². The molecule has 0 aliphatic rings. The predicted octanol–water partition coefficient (Wildman–Crippen LogP) is 13.0. The van der Waals surface area contributed by atoms with E-state index in [1.165, 1.54) is 11.1 Å². The molecule has 60 heavy (non-hydrogen) atoms. The Morgan fingerprint density at radius 1 is 0.383 bits per heavy atom. The minimum Gasteiger partial charge on any atom is -0.457 e. The molecule has 0 unspecified atom stereocenters. The summed E-state index contributed by atoms with van der Waals surface area (Å²) in [5.74, 6) is 4.70. The summed E-state index contributed by atoms with van der Waals surface area (Å²) >= 11 is 0. The Labute approximate surface area is 345 Å². The van der Waals surface area contributed by atoms with Gasteiger partial charge in [-0.1, -0.05) is 66.7 Å². The van der Waals surface area contributed by atoms with E-state index in [2.05, 4.69) is 114 Å². The molecule has 0 saturated heterocycles. The number of fused-ring (bicyclic) bond motifs is 6. The van der Waals surface area contributed by atoms with Gasteiger partial charge in [0.15, 0.2) is 5.82 Å². The summed E-state index contributed by atoms with van der Waals surface area (Å²) in [4.78, 5) is 19.2. The number of hydrogen-bond donors (Lipinski definition) is 0. The van der Waals surface area contributed by atoms with Gasteiger partial charge in [-0.05, 0) is 103 Å². The van der Waals surface area contributed by atoms with Crippen molar-refractivity contribution in [3.63, 3.8) is 0 Å². The molecule has 0 spiro atoms. The lowest BCUT2D eigenvalue weighted by Crippen LogP contribution is -1.97. The Morgan fingerprint density at radius 2 is 0.867 bits per heavy atom. The molecule has 11 aromatic rings. The second-order valence-electron chi connectivity index (χ2n) is 14.9. The highest BCUT2D eigenvalue weighted by molar-refractivity contribution is 6.10. The van der Waals surface area contributed by atoms with Gasteiger partial charge in [-0.25, -0.2) is 19.9 Å². The van der Waals surface area contributed by atoms with E-state index in [9.17, 15) is 0 Å². The van der Waals surface area contributed by atoms with E-state index in [1.807, 2.05) is 91.5 Å². The zero-order valence-corrected chi connectivity index (χ0v) is 32.8. The monoisotopic (exact) mass is 776 g/mol. The SMILES string of the molecule is Cc1cccc(C)c1-c1cnc(-c2cc(Oc3ccc4c5ccccc5n(-c5ccccn5)c4c3)cc(Oc3ccc4c5ccccc5n(-c5ccccn5)c4c3)c2)nc1. The van der Waals surface area contributed by atoms with Gasteiger partial charge in [-0.2, -0.15) is 0 Å². The Bertz CT molecular complexity index is 3200. The number of aryl methyl sites for hydroxylation is 2. The van der Waals surface area contributed by atoms with Crippen molar-refractivity contribution in [1.29, 1.82) is 0 Å². The first-order chi connectivity index (χ1) is 29.6. The van der Waals surface area contributed by atoms with Crippen molar-refractivity contribution >= 4 is 43.6 Å². The molecular formula is C52H36N6O2. The van der Waals surface area contributed by atoms with Crippen molar-refractivity contribution in [2.45, 2.75) is 13.8 Å². The highest BCUT2D eigenvalue weighted by Crippen LogP contribution is 2.39. The Balaban J connectivity index is 1.02. The summed E-state index contributed by atoms with van der Waals surface area (Å²) in [7, 11) is 0. The van der Waals surface area contributed by atoms with E-state index in [-0.39, 0.29) is 0 Å². The van der Waals surface area contributed by atoms with Gasteiger partial charge in [0.25, 0.3) is 0 Å². The van der Waals surface area contributed by atoms with Crippen LogP contribution in [0.2, 0.25) is 0 Å². The maximum atomic E-state index is 6.74. The zero-order valence-electron chi connectivity index (χ0n) is 32.8. The molecule has 8 nitrogen and oxygen atoms in total. The van der Waals surface area contributed by atoms with Crippen LogP contribution in [0.1, 0.15) is 11.1 Å². The molecule has 5 aromatic heterocycles. The van der Waals surface area contributed by atoms with Crippen molar-refractivity contribution in [1.82, 2.24) is 29.1 Å². The summed E-state index contributed by atoms with van der Waals surface area (Å²) in [5, 5.41) is 4.50. The highest BCUT2D eigenvalue weighted by atomic mass is 16.5. The van der Waals surface area contributed by atoms with E-state index >= 15 is 0 Å². The van der Waals surface area contributed by atoms with Crippen molar-refractivity contribution in [2.24, 2.45) is 0 Å². The van der Waals surface area contributed by atoms with Gasteiger partial charge in [0.2, 0.25) is 0 Å². The number of ether oxygens (including phenoxy) is 2. The van der Waals surface area contributed by atoms with Gasteiger partial charge in [0.1, 0.15) is 34.6 Å². The van der Waals surface area contributed by atoms with Crippen molar-refractivity contribution in [3.05, 3.63) is 194 Å². The molecule has 6 aromatic carbocycles. The molecule has 8 heteroatoms. The number of rotatable bonds is 8. The van der Waals surface area contributed by atoms with Gasteiger partial charge in [0, 0.05) is 75.7 Å². The van der Waals surface area contributed by atoms with Gasteiger partial charge < -0.3 is 9.47 Å². The zero-order chi connectivity index (χ0) is 40.2. The third-order valence-electron chi connectivity index (χ3n) is 11.1. The summed E-state index contributed by atoms with van der Waals surface area (Å²) in [5.41, 5.74) is 9.33. The van der Waals surface area contributed by atoms with Gasteiger partial charge in [-0.15, -0.1) is 0 Å². The van der Waals surface area contributed by atoms with Crippen LogP contribution in [0.5, 0.6) is 23.0 Å². The average molecular weight is 777 g/mol. The molecule has 0 fully saturated rings. The summed E-state index contributed by atoms with van der Waals surface area (Å²) in [6, 6.07) is 53.2. The molecular weight excluding hydrogens is 741 g/mol. The average Bonchev–Trinajstić information content (AvgIpc) is 3.79. The largest absolute Gasteiger partial charge is 0.457 e. The molecule has 0 radical (unpaired) electrons. The van der Waals surface area contributed by atoms with Crippen LogP contribution >= 0.6 is 0 Å². The molecule has 0 saturated carbocycles. The molecule has 11 rings (SSSR count). The second-order valence-corrected chi connectivity index (χ2v) is 14.9. The first-order valence-electron chi connectivity index (χ1n) is 19.8. The third-order valence-corrected chi connectivity index (χ3v) is 11.1. The highest BCUT2D eigenvalue weighted by Gasteiger charge is 2.18. The number of hydrogen-bond acceptors (Lipinski definition) is 6. The molecule has 0 bridgehead atoms. The normalized spacial score (nSPS) is 11.5. The van der Waals surface area contributed by atoms with Crippen molar-refractivity contribution in [2.75, 3.05) is 0 Å². The number of aromatic nitrogens is 6. The lowest BCUT2D eigenvalue weighted by atomic mass is 9.98. The van der Waals surface area contributed by atoms with Gasteiger partial charge in [0.05, 0.1) is 22.1 Å². The maximum Gasteiger partial charge on any atom is 0.159 e. The number of para-hydroxylation sites is 2. The smallest absolute Gasteiger partial charge is 0.159 e. The van der Waals surface area contributed by atoms with Crippen LogP contribution in [0.4, 0.5) is 0 Å². The fraction of sp³-hybridized carbons (Fsp3) is 0.0385. The fourth-order valence-corrected chi connectivity index (χ4v) is 8.46. The third kappa shape index (κ3) is 6.10. The Kier molecular flexibility index (Phi) is 8.41. The lowest BCUT2D eigenvalue weighted by molar-refractivity contribution is 0.461. The molecule has 0 atom stereocenters. The molecule has 0 N–H and O–H groups in total. The van der Waals surface area contributed by atoms with Crippen LogP contribution in [0.25, 0.3) is 77.8 Å². The molecule has 5 heterocycles. The summed E-state index contributed by atoms with van der Waals surface area (Å²) < 4.78 is 17.8. The lowest BCUT2D eigenvalue weighted by Gasteiger charge is -2.14. The Hall–Kier alpha value is -8.10. The maximum absolute atomic E-state index is 6.74. The molecule has 286 valence electrons. The number of nitrogens with zero attached hydrogens (tertiary/aromatic N) is 6. The molecule has 0 aliphatic heterocycles. The van der Waals surface area contributed by atoms with Crippen LogP contribution in [0.15, 0.2) is 183 Å². The first-order valence-corrected chi connectivity index (χ1v) is 19.8. The summed E-state index contributed by atoms with van der Waals surface area (Å²) in [6.07, 6.45) is 7.41. The number of pyridine rings is 2. The van der Waals surface area contributed by atoms with E-state index < -0.39 is 0 Å². The van der Waals surface area contributed by atoms with Crippen LogP contribution in [-0.2, 0) is 0 Å². The molecule has 0 aliphatic carbocycles. The quantitative estimate of drug-likeness (QED) is 0.153. The number of benzene rings is 6. The van der Waals surface area contributed by atoms with Crippen molar-refractivity contribution in [3.8, 4) is 57.1 Å². The minimum atomic E-state index is 0.553. The Morgan fingerprint density at radius 3 is 1.37 bits per heavy atom. The summed E-state index contributed by atoms with van der Waals surface area (Å²) in [6.45, 7) is 4.22. The molecule has 0 amide bonds. The fourth-order valence-electron chi connectivity index (χ4n) is 8.46. The van der Waals surface area contributed by atoms with Crippen LogP contribution in [0.3, 0.4) is 0 Å². The topological polar surface area (TPSA) is 79.9 Å². The van der Waals surface area contributed by atoms with Crippen molar-refractivity contribution < 1.29 is 9.47 Å².